The lowest BCUT2D eigenvalue weighted by Gasteiger charge is -2.24. The number of carbonyl (C=O) groups excluding carboxylic acids is 1. The van der Waals surface area contributed by atoms with Crippen molar-refractivity contribution in [3.05, 3.63) is 100.0 Å². The number of aliphatic imine (C=N–C) groups is 1. The predicted octanol–water partition coefficient (Wildman–Crippen LogP) is 5.68. The lowest BCUT2D eigenvalue weighted by molar-refractivity contribution is 0.0963. The molecular weight excluding hydrogens is 541 g/mol. The molecule has 0 aliphatic carbocycles. The summed E-state index contributed by atoms with van der Waals surface area (Å²) in [6, 6.07) is 17.6. The molecule has 4 aromatic rings. The number of carbonyl (C=O) groups is 1. The van der Waals surface area contributed by atoms with Crippen LogP contribution in [0.1, 0.15) is 34.5 Å². The van der Waals surface area contributed by atoms with Crippen LogP contribution in [0.15, 0.2) is 71.9 Å². The van der Waals surface area contributed by atoms with Gasteiger partial charge in [0, 0.05) is 72.0 Å². The van der Waals surface area contributed by atoms with Crippen molar-refractivity contribution in [1.29, 1.82) is 0 Å². The quantitative estimate of drug-likeness (QED) is 0.251. The summed E-state index contributed by atoms with van der Waals surface area (Å²) in [6.07, 6.45) is 1.73. The molecule has 1 aromatic heterocycles. The smallest absolute Gasteiger partial charge is 0.251 e. The Bertz CT molecular complexity index is 1590. The molecule has 5 rings (SSSR count). The number of hydrogen-bond donors (Lipinski definition) is 3. The summed E-state index contributed by atoms with van der Waals surface area (Å²) in [6.45, 7) is 1.70. The molecule has 8 nitrogen and oxygen atoms in total. The largest absolute Gasteiger partial charge is 0.373 e. The molecule has 0 spiro atoms. The summed E-state index contributed by atoms with van der Waals surface area (Å²) in [7, 11) is 5.41. The average molecular weight is 574 g/mol. The van der Waals surface area contributed by atoms with Crippen LogP contribution in [-0.4, -0.2) is 55.8 Å². The van der Waals surface area contributed by atoms with Gasteiger partial charge in [-0.15, -0.1) is 0 Å². The van der Waals surface area contributed by atoms with Gasteiger partial charge in [0.1, 0.15) is 5.82 Å². The Kier molecular flexibility index (Phi) is 9.31. The van der Waals surface area contributed by atoms with E-state index < -0.39 is 0 Å². The molecule has 0 saturated heterocycles. The Hall–Kier alpha value is -4.34. The van der Waals surface area contributed by atoms with Gasteiger partial charge >= 0.3 is 0 Å². The number of benzene rings is 3. The van der Waals surface area contributed by atoms with Gasteiger partial charge in [0.25, 0.3) is 5.91 Å². The van der Waals surface area contributed by atoms with E-state index in [-0.39, 0.29) is 25.7 Å². The van der Waals surface area contributed by atoms with Crippen molar-refractivity contribution in [3.8, 4) is 11.3 Å². The van der Waals surface area contributed by atoms with E-state index in [1.165, 1.54) is 6.07 Å². The van der Waals surface area contributed by atoms with Gasteiger partial charge in [-0.1, -0.05) is 31.2 Å². The highest BCUT2D eigenvalue weighted by Gasteiger charge is 2.26. The number of rotatable bonds is 8. The summed E-state index contributed by atoms with van der Waals surface area (Å²) in [5.74, 6) is -0.141. The van der Waals surface area contributed by atoms with E-state index in [9.17, 15) is 4.79 Å². The van der Waals surface area contributed by atoms with Crippen LogP contribution >= 0.6 is 11.6 Å². The zero-order valence-corrected chi connectivity index (χ0v) is 23.2. The zero-order valence-electron chi connectivity index (χ0n) is 22.4. The highest BCUT2D eigenvalue weighted by Crippen LogP contribution is 2.36. The number of halogens is 2. The van der Waals surface area contributed by atoms with Crippen LogP contribution < -0.4 is 20.9 Å². The van der Waals surface area contributed by atoms with Crippen LogP contribution in [0.2, 0.25) is 5.02 Å². The second kappa shape index (κ2) is 12.9. The normalized spacial score (nSPS) is 11.8. The minimum Gasteiger partial charge on any atom is -0.373 e. The number of fused-ring (bicyclic) bond motifs is 3. The summed E-state index contributed by atoms with van der Waals surface area (Å²) < 4.78 is 15.6. The Labute approximate surface area is 244 Å². The molecule has 0 radical (unpaired) electrons. The third-order valence-corrected chi connectivity index (χ3v) is 6.97. The van der Waals surface area contributed by atoms with Crippen LogP contribution in [0.5, 0.6) is 0 Å². The molecule has 3 N–H and O–H groups in total. The number of amides is 1. The summed E-state index contributed by atoms with van der Waals surface area (Å²) >= 11 is 6.46. The Morgan fingerprint density at radius 2 is 1.85 bits per heavy atom. The molecular formula is C31H33ClFN7O. The molecule has 1 aliphatic rings. The van der Waals surface area contributed by atoms with Crippen molar-refractivity contribution >= 4 is 40.5 Å². The molecule has 0 atom stereocenters. The number of nitrogens with one attached hydrogen (secondary N) is 3. The molecule has 212 valence electrons. The molecule has 1 aliphatic heterocycles. The van der Waals surface area contributed by atoms with Crippen molar-refractivity contribution < 1.29 is 9.18 Å². The first-order chi connectivity index (χ1) is 19.4. The fourth-order valence-electron chi connectivity index (χ4n) is 4.64. The molecule has 0 unspecified atom stereocenters. The predicted molar refractivity (Wildman–Crippen MR) is 165 cm³/mol. The van der Waals surface area contributed by atoms with Crippen LogP contribution in [0.25, 0.3) is 11.3 Å². The minimum atomic E-state index is -0.363. The van der Waals surface area contributed by atoms with E-state index in [1.807, 2.05) is 31.1 Å². The molecule has 10 heteroatoms. The lowest BCUT2D eigenvalue weighted by atomic mass is 9.94. The summed E-state index contributed by atoms with van der Waals surface area (Å²) in [5, 5.41) is 9.47. The van der Waals surface area contributed by atoms with Gasteiger partial charge in [-0.2, -0.15) is 0 Å². The van der Waals surface area contributed by atoms with E-state index in [0.717, 1.165) is 29.0 Å². The van der Waals surface area contributed by atoms with E-state index in [0.29, 0.717) is 45.6 Å². The highest BCUT2D eigenvalue weighted by molar-refractivity contribution is 6.32. The number of hydrogen-bond acceptors (Lipinski definition) is 7. The van der Waals surface area contributed by atoms with Gasteiger partial charge in [-0.05, 0) is 55.6 Å². The van der Waals surface area contributed by atoms with E-state index in [4.69, 9.17) is 21.6 Å². The van der Waals surface area contributed by atoms with E-state index in [2.05, 4.69) is 20.9 Å². The molecule has 0 bridgehead atoms. The first-order valence-corrected chi connectivity index (χ1v) is 13.2. The van der Waals surface area contributed by atoms with Gasteiger partial charge in [0.15, 0.2) is 0 Å². The van der Waals surface area contributed by atoms with Crippen LogP contribution in [0.3, 0.4) is 0 Å². The maximum absolute atomic E-state index is 15.6. The number of anilines is 3. The molecule has 41 heavy (non-hydrogen) atoms. The van der Waals surface area contributed by atoms with Crippen molar-refractivity contribution in [3.63, 3.8) is 0 Å². The first kappa shape index (κ1) is 29.6. The second-order valence-electron chi connectivity index (χ2n) is 9.36. The minimum absolute atomic E-state index is 0. The first-order valence-electron chi connectivity index (χ1n) is 12.8. The third-order valence-electron chi connectivity index (χ3n) is 6.73. The van der Waals surface area contributed by atoms with Crippen molar-refractivity contribution in [2.24, 2.45) is 4.99 Å². The molecule has 1 amide bonds. The summed E-state index contributed by atoms with van der Waals surface area (Å²) in [4.78, 5) is 28.1. The van der Waals surface area contributed by atoms with E-state index in [1.54, 1.807) is 55.7 Å². The maximum atomic E-state index is 15.6. The molecule has 0 saturated carbocycles. The van der Waals surface area contributed by atoms with Crippen LogP contribution in [0, 0.1) is 5.82 Å². The van der Waals surface area contributed by atoms with Gasteiger partial charge < -0.3 is 20.9 Å². The second-order valence-corrected chi connectivity index (χ2v) is 9.80. The van der Waals surface area contributed by atoms with Crippen LogP contribution in [0.4, 0.5) is 21.7 Å². The van der Waals surface area contributed by atoms with Gasteiger partial charge in [-0.25, -0.2) is 14.4 Å². The average Bonchev–Trinajstić information content (AvgIpc) is 3.12. The topological polar surface area (TPSA) is 94.5 Å². The maximum Gasteiger partial charge on any atom is 0.251 e. The molecule has 2 heterocycles. The Morgan fingerprint density at radius 1 is 1.07 bits per heavy atom. The standard InChI is InChI=1S/C30H29ClFN7O.CH4/c1-33-13-14-39(3)25-6-4-5-24(32)26(25)28-23-15-20(31)9-12-22(23)27-19(16-35-28)17-36-30(38-27)37-21-10-7-18(8-11-21)29(40)34-2;/h4-12,15,17,33H,13-14,16H2,1-3H3,(H,34,40)(H,36,37,38);1H4. The number of likely N-dealkylation sites (N-methyl/N-ethyl adjacent to an activating group) is 2. The van der Waals surface area contributed by atoms with Crippen molar-refractivity contribution in [1.82, 2.24) is 20.6 Å². The fraction of sp³-hybridized carbons (Fsp3) is 0.226. The SMILES string of the molecule is C.CNCCN(C)c1cccc(F)c1C1=NCc2cnc(Nc3ccc(C(=O)NC)cc3)nc2-c2ccc(Cl)cc21. The van der Waals surface area contributed by atoms with E-state index >= 15 is 4.39 Å². The Morgan fingerprint density at radius 3 is 2.59 bits per heavy atom. The molecule has 0 fully saturated rings. The van der Waals surface area contributed by atoms with Crippen molar-refractivity contribution in [2.45, 2.75) is 14.0 Å². The highest BCUT2D eigenvalue weighted by atomic mass is 35.5. The number of aromatic nitrogens is 2. The summed E-state index contributed by atoms with van der Waals surface area (Å²) in [5.41, 5.74) is 5.92. The number of nitrogens with zero attached hydrogens (tertiary/aromatic N) is 4. The zero-order chi connectivity index (χ0) is 28.2. The Balaban J connectivity index is 0.00000387. The third kappa shape index (κ3) is 6.21. The van der Waals surface area contributed by atoms with Gasteiger partial charge in [0.05, 0.1) is 23.5 Å². The van der Waals surface area contributed by atoms with Crippen LogP contribution in [-0.2, 0) is 6.54 Å². The van der Waals surface area contributed by atoms with Gasteiger partial charge in [-0.3, -0.25) is 9.79 Å². The van der Waals surface area contributed by atoms with Crippen molar-refractivity contribution in [2.75, 3.05) is 44.4 Å². The lowest BCUT2D eigenvalue weighted by Crippen LogP contribution is -2.29. The fourth-order valence-corrected chi connectivity index (χ4v) is 4.81. The molecule has 3 aromatic carbocycles. The monoisotopic (exact) mass is 573 g/mol. The van der Waals surface area contributed by atoms with Gasteiger partial charge in [0.2, 0.25) is 5.95 Å².